The van der Waals surface area contributed by atoms with E-state index >= 15 is 0 Å². The third-order valence-electron chi connectivity index (χ3n) is 2.62. The lowest BCUT2D eigenvalue weighted by Gasteiger charge is -2.21. The zero-order valence-electron chi connectivity index (χ0n) is 11.6. The van der Waals surface area contributed by atoms with Gasteiger partial charge in [-0.3, -0.25) is 4.79 Å². The molecule has 0 heterocycles. The SMILES string of the molecule is COc1ccc(SCC(=O)NCC(C)(C)CO)cc1. The molecular weight excluding hydrogens is 262 g/mol. The number of amides is 1. The molecule has 1 aromatic carbocycles. The van der Waals surface area contributed by atoms with Crippen LogP contribution in [0.1, 0.15) is 13.8 Å². The van der Waals surface area contributed by atoms with E-state index in [0.717, 1.165) is 10.6 Å². The number of aliphatic hydroxyl groups is 1. The first kappa shape index (κ1) is 15.9. The van der Waals surface area contributed by atoms with Crippen LogP contribution in [0.25, 0.3) is 0 Å². The van der Waals surface area contributed by atoms with Crippen molar-refractivity contribution in [1.29, 1.82) is 0 Å². The van der Waals surface area contributed by atoms with E-state index in [1.165, 1.54) is 11.8 Å². The molecule has 0 aliphatic carbocycles. The molecule has 0 radical (unpaired) electrons. The van der Waals surface area contributed by atoms with Crippen LogP contribution in [0, 0.1) is 5.41 Å². The predicted octanol–water partition coefficient (Wildman–Crippen LogP) is 1.92. The maximum Gasteiger partial charge on any atom is 0.230 e. The highest BCUT2D eigenvalue weighted by Crippen LogP contribution is 2.21. The number of thioether (sulfide) groups is 1. The number of aliphatic hydroxyl groups excluding tert-OH is 1. The maximum absolute atomic E-state index is 11.7. The average molecular weight is 283 g/mol. The Balaban J connectivity index is 2.33. The van der Waals surface area contributed by atoms with Gasteiger partial charge in [0.25, 0.3) is 0 Å². The van der Waals surface area contributed by atoms with Gasteiger partial charge in [-0.15, -0.1) is 11.8 Å². The summed E-state index contributed by atoms with van der Waals surface area (Å²) in [6.45, 7) is 4.35. The van der Waals surface area contributed by atoms with E-state index < -0.39 is 0 Å². The highest BCUT2D eigenvalue weighted by molar-refractivity contribution is 8.00. The lowest BCUT2D eigenvalue weighted by atomic mass is 9.95. The van der Waals surface area contributed by atoms with E-state index in [0.29, 0.717) is 12.3 Å². The minimum atomic E-state index is -0.277. The van der Waals surface area contributed by atoms with Crippen molar-refractivity contribution in [3.05, 3.63) is 24.3 Å². The molecule has 0 saturated carbocycles. The Morgan fingerprint density at radius 1 is 1.37 bits per heavy atom. The largest absolute Gasteiger partial charge is 0.497 e. The Morgan fingerprint density at radius 2 is 2.00 bits per heavy atom. The van der Waals surface area contributed by atoms with Gasteiger partial charge >= 0.3 is 0 Å². The number of ether oxygens (including phenoxy) is 1. The molecule has 4 nitrogen and oxygen atoms in total. The van der Waals surface area contributed by atoms with Crippen molar-refractivity contribution in [3.8, 4) is 5.75 Å². The Hall–Kier alpha value is -1.20. The fraction of sp³-hybridized carbons (Fsp3) is 0.500. The fourth-order valence-electron chi connectivity index (χ4n) is 1.27. The van der Waals surface area contributed by atoms with Crippen LogP contribution >= 0.6 is 11.8 Å². The van der Waals surface area contributed by atoms with Crippen molar-refractivity contribution in [1.82, 2.24) is 5.32 Å². The third-order valence-corrected chi connectivity index (χ3v) is 3.63. The predicted molar refractivity (Wildman–Crippen MR) is 77.6 cm³/mol. The second-order valence-corrected chi connectivity index (χ2v) is 6.11. The van der Waals surface area contributed by atoms with Crippen LogP contribution in [-0.2, 0) is 4.79 Å². The quantitative estimate of drug-likeness (QED) is 0.751. The van der Waals surface area contributed by atoms with Gasteiger partial charge in [0, 0.05) is 23.5 Å². The Morgan fingerprint density at radius 3 is 2.53 bits per heavy atom. The van der Waals surface area contributed by atoms with Crippen LogP contribution in [0.5, 0.6) is 5.75 Å². The van der Waals surface area contributed by atoms with Crippen molar-refractivity contribution in [2.45, 2.75) is 18.7 Å². The summed E-state index contributed by atoms with van der Waals surface area (Å²) in [5.41, 5.74) is -0.277. The minimum absolute atomic E-state index is 0.0256. The van der Waals surface area contributed by atoms with E-state index in [1.807, 2.05) is 38.1 Å². The molecule has 0 aliphatic heterocycles. The highest BCUT2D eigenvalue weighted by atomic mass is 32.2. The molecule has 0 saturated heterocycles. The molecule has 0 fully saturated rings. The molecule has 0 aromatic heterocycles. The van der Waals surface area contributed by atoms with E-state index in [9.17, 15) is 4.79 Å². The summed E-state index contributed by atoms with van der Waals surface area (Å²) < 4.78 is 5.07. The summed E-state index contributed by atoms with van der Waals surface area (Å²) >= 11 is 1.48. The smallest absolute Gasteiger partial charge is 0.230 e. The molecule has 2 N–H and O–H groups in total. The summed E-state index contributed by atoms with van der Waals surface area (Å²) in [4.78, 5) is 12.7. The molecule has 19 heavy (non-hydrogen) atoms. The first-order valence-corrected chi connectivity index (χ1v) is 7.10. The van der Waals surface area contributed by atoms with Gasteiger partial charge < -0.3 is 15.2 Å². The molecule has 5 heteroatoms. The van der Waals surface area contributed by atoms with E-state index in [-0.39, 0.29) is 17.9 Å². The molecular formula is C14H21NO3S. The maximum atomic E-state index is 11.7. The summed E-state index contributed by atoms with van der Waals surface area (Å²) in [5, 5.41) is 11.9. The summed E-state index contributed by atoms with van der Waals surface area (Å²) in [5.74, 6) is 1.15. The second-order valence-electron chi connectivity index (χ2n) is 5.06. The summed E-state index contributed by atoms with van der Waals surface area (Å²) in [7, 11) is 1.62. The standard InChI is InChI=1S/C14H21NO3S/c1-14(2,10-16)9-15-13(17)8-19-12-6-4-11(18-3)5-7-12/h4-7,16H,8-10H2,1-3H3,(H,15,17). The van der Waals surface area contributed by atoms with E-state index in [2.05, 4.69) is 5.32 Å². The molecule has 0 bridgehead atoms. The van der Waals surface area contributed by atoms with Gasteiger partial charge in [0.2, 0.25) is 5.91 Å². The normalized spacial score (nSPS) is 11.2. The zero-order valence-corrected chi connectivity index (χ0v) is 12.4. The monoisotopic (exact) mass is 283 g/mol. The highest BCUT2D eigenvalue weighted by Gasteiger charge is 2.17. The van der Waals surface area contributed by atoms with Crippen LogP contribution in [0.4, 0.5) is 0 Å². The van der Waals surface area contributed by atoms with Gasteiger partial charge in [-0.1, -0.05) is 13.8 Å². The molecule has 106 valence electrons. The Labute approximate surface area is 118 Å². The molecule has 0 unspecified atom stereocenters. The third kappa shape index (κ3) is 5.98. The lowest BCUT2D eigenvalue weighted by molar-refractivity contribution is -0.119. The number of carbonyl (C=O) groups excluding carboxylic acids is 1. The Bertz CT molecular complexity index is 404. The number of hydrogen-bond donors (Lipinski definition) is 2. The van der Waals surface area contributed by atoms with E-state index in [1.54, 1.807) is 7.11 Å². The van der Waals surface area contributed by atoms with E-state index in [4.69, 9.17) is 9.84 Å². The molecule has 0 atom stereocenters. The molecule has 1 rings (SSSR count). The van der Waals surface area contributed by atoms with Crippen LogP contribution in [0.3, 0.4) is 0 Å². The van der Waals surface area contributed by atoms with Gasteiger partial charge in [-0.05, 0) is 24.3 Å². The number of benzene rings is 1. The van der Waals surface area contributed by atoms with Crippen LogP contribution in [-0.4, -0.2) is 37.0 Å². The average Bonchev–Trinajstić information content (AvgIpc) is 2.43. The lowest BCUT2D eigenvalue weighted by Crippen LogP contribution is -2.36. The molecule has 0 aliphatic rings. The van der Waals surface area contributed by atoms with Crippen molar-refractivity contribution in [3.63, 3.8) is 0 Å². The zero-order chi connectivity index (χ0) is 14.3. The van der Waals surface area contributed by atoms with Crippen molar-refractivity contribution >= 4 is 17.7 Å². The molecule has 0 spiro atoms. The van der Waals surface area contributed by atoms with Crippen LogP contribution in [0.2, 0.25) is 0 Å². The first-order valence-electron chi connectivity index (χ1n) is 6.11. The molecule has 1 amide bonds. The van der Waals surface area contributed by atoms with Gasteiger partial charge in [-0.25, -0.2) is 0 Å². The first-order chi connectivity index (χ1) is 8.96. The van der Waals surface area contributed by atoms with Crippen molar-refractivity contribution < 1.29 is 14.6 Å². The second kappa shape index (κ2) is 7.40. The molecule has 1 aromatic rings. The van der Waals surface area contributed by atoms with Crippen LogP contribution < -0.4 is 10.1 Å². The summed E-state index contributed by atoms with van der Waals surface area (Å²) in [6.07, 6.45) is 0. The van der Waals surface area contributed by atoms with Gasteiger partial charge in [-0.2, -0.15) is 0 Å². The summed E-state index contributed by atoms with van der Waals surface area (Å²) in [6, 6.07) is 7.59. The van der Waals surface area contributed by atoms with Crippen molar-refractivity contribution in [2.24, 2.45) is 5.41 Å². The number of methoxy groups -OCH3 is 1. The van der Waals surface area contributed by atoms with Gasteiger partial charge in [0.05, 0.1) is 12.9 Å². The van der Waals surface area contributed by atoms with Crippen LogP contribution in [0.15, 0.2) is 29.2 Å². The topological polar surface area (TPSA) is 58.6 Å². The van der Waals surface area contributed by atoms with Gasteiger partial charge in [0.15, 0.2) is 0 Å². The Kier molecular flexibility index (Phi) is 6.18. The number of rotatable bonds is 7. The number of hydrogen-bond acceptors (Lipinski definition) is 4. The number of nitrogens with one attached hydrogen (secondary N) is 1. The minimum Gasteiger partial charge on any atom is -0.497 e. The van der Waals surface area contributed by atoms with Crippen molar-refractivity contribution in [2.75, 3.05) is 26.0 Å². The number of carbonyl (C=O) groups is 1. The van der Waals surface area contributed by atoms with Gasteiger partial charge in [0.1, 0.15) is 5.75 Å². The fourth-order valence-corrected chi connectivity index (χ4v) is 1.99.